The fourth-order valence-electron chi connectivity index (χ4n) is 1.71. The van der Waals surface area contributed by atoms with Gasteiger partial charge in [-0.25, -0.2) is 0 Å². The third-order valence-corrected chi connectivity index (χ3v) is 2.65. The molecule has 0 spiro atoms. The molecular weight excluding hydrogens is 176 g/mol. The maximum Gasteiger partial charge on any atom is 0.127 e. The van der Waals surface area contributed by atoms with Gasteiger partial charge in [0.1, 0.15) is 12.1 Å². The van der Waals surface area contributed by atoms with Gasteiger partial charge in [0.25, 0.3) is 0 Å². The summed E-state index contributed by atoms with van der Waals surface area (Å²) in [7, 11) is 0. The standard InChI is InChI=1S/C11H14N2O/c1-8-3-4-11-12-10(9(2)7-14)6-13(11)5-8/h3-5,7,9-10H,6H2,1-2H3. The van der Waals surface area contributed by atoms with Crippen molar-refractivity contribution in [3.63, 3.8) is 0 Å². The first-order valence-corrected chi connectivity index (χ1v) is 4.87. The van der Waals surface area contributed by atoms with Crippen LogP contribution in [-0.4, -0.2) is 29.6 Å². The Kier molecular flexibility index (Phi) is 2.23. The zero-order chi connectivity index (χ0) is 10.1. The Morgan fingerprint density at radius 3 is 3.14 bits per heavy atom. The van der Waals surface area contributed by atoms with Crippen molar-refractivity contribution in [2.75, 3.05) is 6.54 Å². The summed E-state index contributed by atoms with van der Waals surface area (Å²) < 4.78 is 0. The average molecular weight is 190 g/mol. The van der Waals surface area contributed by atoms with E-state index in [9.17, 15) is 4.79 Å². The van der Waals surface area contributed by atoms with E-state index in [1.54, 1.807) is 0 Å². The van der Waals surface area contributed by atoms with Crippen molar-refractivity contribution >= 4 is 12.1 Å². The van der Waals surface area contributed by atoms with Crippen molar-refractivity contribution in [3.05, 3.63) is 23.9 Å². The molecule has 0 saturated carbocycles. The SMILES string of the molecule is CC1=CN2CC(C(C)C=O)N=C2C=C1. The smallest absolute Gasteiger partial charge is 0.127 e. The van der Waals surface area contributed by atoms with Gasteiger partial charge < -0.3 is 9.69 Å². The average Bonchev–Trinajstić information content (AvgIpc) is 2.59. The number of rotatable bonds is 2. The van der Waals surface area contributed by atoms with E-state index in [1.165, 1.54) is 5.57 Å². The minimum atomic E-state index is 0.00945. The van der Waals surface area contributed by atoms with Gasteiger partial charge in [0.15, 0.2) is 0 Å². The minimum Gasteiger partial charge on any atom is -0.331 e. The minimum absolute atomic E-state index is 0.00945. The number of allylic oxidation sites excluding steroid dienone is 2. The lowest BCUT2D eigenvalue weighted by Crippen LogP contribution is -2.27. The number of carbonyl (C=O) groups excluding carboxylic acids is 1. The highest BCUT2D eigenvalue weighted by Crippen LogP contribution is 2.20. The maximum atomic E-state index is 10.6. The molecule has 0 amide bonds. The van der Waals surface area contributed by atoms with E-state index in [1.807, 2.05) is 19.1 Å². The molecule has 0 fully saturated rings. The van der Waals surface area contributed by atoms with E-state index in [2.05, 4.69) is 23.0 Å². The van der Waals surface area contributed by atoms with Gasteiger partial charge in [0, 0.05) is 18.7 Å². The highest BCUT2D eigenvalue weighted by Gasteiger charge is 2.27. The molecule has 14 heavy (non-hydrogen) atoms. The van der Waals surface area contributed by atoms with E-state index < -0.39 is 0 Å². The Morgan fingerprint density at radius 1 is 1.64 bits per heavy atom. The number of amidine groups is 1. The van der Waals surface area contributed by atoms with Crippen molar-refractivity contribution in [2.24, 2.45) is 10.9 Å². The molecule has 0 N–H and O–H groups in total. The Bertz CT molecular complexity index is 341. The third-order valence-electron chi connectivity index (χ3n) is 2.65. The summed E-state index contributed by atoms with van der Waals surface area (Å²) >= 11 is 0. The molecule has 74 valence electrons. The van der Waals surface area contributed by atoms with Crippen LogP contribution in [0, 0.1) is 5.92 Å². The van der Waals surface area contributed by atoms with Crippen LogP contribution in [0.4, 0.5) is 0 Å². The zero-order valence-electron chi connectivity index (χ0n) is 8.47. The Labute approximate surface area is 83.8 Å². The van der Waals surface area contributed by atoms with E-state index in [0.29, 0.717) is 0 Å². The van der Waals surface area contributed by atoms with Crippen LogP contribution in [0.5, 0.6) is 0 Å². The molecular formula is C11H14N2O. The first kappa shape index (κ1) is 9.19. The fraction of sp³-hybridized carbons (Fsp3) is 0.455. The number of carbonyl (C=O) groups is 1. The normalized spacial score (nSPS) is 26.7. The van der Waals surface area contributed by atoms with Gasteiger partial charge in [-0.2, -0.15) is 0 Å². The largest absolute Gasteiger partial charge is 0.331 e. The van der Waals surface area contributed by atoms with Crippen LogP contribution in [0.2, 0.25) is 0 Å². The molecule has 0 radical (unpaired) electrons. The summed E-state index contributed by atoms with van der Waals surface area (Å²) in [6, 6.07) is 0.120. The second-order valence-corrected chi connectivity index (χ2v) is 3.91. The number of fused-ring (bicyclic) bond motifs is 1. The van der Waals surface area contributed by atoms with E-state index in [0.717, 1.165) is 18.7 Å². The maximum absolute atomic E-state index is 10.6. The van der Waals surface area contributed by atoms with Crippen molar-refractivity contribution < 1.29 is 4.79 Å². The first-order valence-electron chi connectivity index (χ1n) is 4.87. The van der Waals surface area contributed by atoms with Crippen molar-refractivity contribution in [1.29, 1.82) is 0 Å². The monoisotopic (exact) mass is 190 g/mol. The number of hydrogen-bond donors (Lipinski definition) is 0. The molecule has 2 heterocycles. The van der Waals surface area contributed by atoms with Crippen LogP contribution in [-0.2, 0) is 4.79 Å². The number of nitrogens with zero attached hydrogens (tertiary/aromatic N) is 2. The summed E-state index contributed by atoms with van der Waals surface area (Å²) in [5.74, 6) is 0.990. The van der Waals surface area contributed by atoms with Crippen molar-refractivity contribution in [2.45, 2.75) is 19.9 Å². The summed E-state index contributed by atoms with van der Waals surface area (Å²) in [5, 5.41) is 0. The molecule has 2 rings (SSSR count). The highest BCUT2D eigenvalue weighted by molar-refractivity contribution is 5.96. The van der Waals surface area contributed by atoms with Crippen LogP contribution in [0.15, 0.2) is 28.9 Å². The van der Waals surface area contributed by atoms with Gasteiger partial charge in [-0.1, -0.05) is 13.0 Å². The first-order chi connectivity index (χ1) is 6.70. The molecule has 0 aromatic rings. The second-order valence-electron chi connectivity index (χ2n) is 3.91. The summed E-state index contributed by atoms with van der Waals surface area (Å²) in [6.07, 6.45) is 7.11. The van der Waals surface area contributed by atoms with E-state index in [-0.39, 0.29) is 12.0 Å². The molecule has 0 bridgehead atoms. The summed E-state index contributed by atoms with van der Waals surface area (Å²) in [5.41, 5.74) is 1.23. The lowest BCUT2D eigenvalue weighted by atomic mass is 10.1. The number of aldehydes is 1. The van der Waals surface area contributed by atoms with E-state index in [4.69, 9.17) is 0 Å². The van der Waals surface area contributed by atoms with Crippen LogP contribution in [0.25, 0.3) is 0 Å². The van der Waals surface area contributed by atoms with Gasteiger partial charge in [0.2, 0.25) is 0 Å². The molecule has 0 aliphatic carbocycles. The topological polar surface area (TPSA) is 32.7 Å². The molecule has 0 aromatic heterocycles. The molecule has 2 atom stereocenters. The van der Waals surface area contributed by atoms with Crippen LogP contribution in [0.1, 0.15) is 13.8 Å². The molecule has 2 unspecified atom stereocenters. The van der Waals surface area contributed by atoms with Gasteiger partial charge in [-0.05, 0) is 18.6 Å². The predicted octanol–water partition coefficient (Wildman–Crippen LogP) is 1.38. The quantitative estimate of drug-likeness (QED) is 0.616. The summed E-state index contributed by atoms with van der Waals surface area (Å²) in [6.45, 7) is 4.81. The molecule has 0 saturated heterocycles. The van der Waals surface area contributed by atoms with Crippen LogP contribution < -0.4 is 0 Å². The zero-order valence-corrected chi connectivity index (χ0v) is 8.47. The third kappa shape index (κ3) is 1.50. The van der Waals surface area contributed by atoms with Gasteiger partial charge >= 0.3 is 0 Å². The summed E-state index contributed by atoms with van der Waals surface area (Å²) in [4.78, 5) is 17.2. The van der Waals surface area contributed by atoms with Crippen molar-refractivity contribution in [3.8, 4) is 0 Å². The number of aliphatic imine (C=N–C) groups is 1. The lowest BCUT2D eigenvalue weighted by Gasteiger charge is -2.18. The molecule has 0 aromatic carbocycles. The van der Waals surface area contributed by atoms with Crippen LogP contribution in [0.3, 0.4) is 0 Å². The van der Waals surface area contributed by atoms with Crippen molar-refractivity contribution in [1.82, 2.24) is 4.90 Å². The van der Waals surface area contributed by atoms with Gasteiger partial charge in [-0.15, -0.1) is 0 Å². The highest BCUT2D eigenvalue weighted by atomic mass is 16.1. The van der Waals surface area contributed by atoms with Gasteiger partial charge in [-0.3, -0.25) is 4.99 Å². The Balaban J connectivity index is 2.17. The fourth-order valence-corrected chi connectivity index (χ4v) is 1.71. The second kappa shape index (κ2) is 3.40. The van der Waals surface area contributed by atoms with Gasteiger partial charge in [0.05, 0.1) is 6.04 Å². The molecule has 2 aliphatic heterocycles. The Morgan fingerprint density at radius 2 is 2.43 bits per heavy atom. The van der Waals surface area contributed by atoms with E-state index >= 15 is 0 Å². The Hall–Kier alpha value is -1.38. The molecule has 3 heteroatoms. The predicted molar refractivity (Wildman–Crippen MR) is 56.1 cm³/mol. The number of hydrogen-bond acceptors (Lipinski definition) is 3. The molecule has 3 nitrogen and oxygen atoms in total. The van der Waals surface area contributed by atoms with Crippen LogP contribution >= 0.6 is 0 Å². The molecule has 2 aliphatic rings. The lowest BCUT2D eigenvalue weighted by molar-refractivity contribution is -0.111.